The summed E-state index contributed by atoms with van der Waals surface area (Å²) in [6.45, 7) is 1.86. The van der Waals surface area contributed by atoms with Crippen LogP contribution in [0.4, 0.5) is 8.78 Å². The number of hydrogen-bond acceptors (Lipinski definition) is 6. The van der Waals surface area contributed by atoms with Crippen molar-refractivity contribution in [3.63, 3.8) is 0 Å². The molecule has 0 saturated carbocycles. The second kappa shape index (κ2) is 9.42. The summed E-state index contributed by atoms with van der Waals surface area (Å²) < 4.78 is 38.6. The SMILES string of the molecule is COc1ccc(C2(c3ccc(F)c(-c4ccc(F)nc4)c3)COC(N)=N2)cc1C.O=CO. The number of pyridine rings is 1. The van der Waals surface area contributed by atoms with E-state index in [9.17, 15) is 8.78 Å². The van der Waals surface area contributed by atoms with Gasteiger partial charge in [0.05, 0.1) is 7.11 Å². The topological polar surface area (TPSA) is 107 Å². The fourth-order valence-corrected chi connectivity index (χ4v) is 3.57. The molecule has 0 spiro atoms. The van der Waals surface area contributed by atoms with Crippen LogP contribution in [0.25, 0.3) is 11.1 Å². The van der Waals surface area contributed by atoms with Gasteiger partial charge in [-0.1, -0.05) is 12.1 Å². The van der Waals surface area contributed by atoms with Crippen molar-refractivity contribution in [3.05, 3.63) is 83.2 Å². The van der Waals surface area contributed by atoms with Crippen LogP contribution in [0.1, 0.15) is 16.7 Å². The highest BCUT2D eigenvalue weighted by molar-refractivity contribution is 5.76. The highest BCUT2D eigenvalue weighted by atomic mass is 19.1. The van der Waals surface area contributed by atoms with Gasteiger partial charge in [0.15, 0.2) is 5.54 Å². The van der Waals surface area contributed by atoms with Gasteiger partial charge in [0, 0.05) is 17.3 Å². The van der Waals surface area contributed by atoms with E-state index < -0.39 is 17.3 Å². The lowest BCUT2D eigenvalue weighted by Gasteiger charge is -2.26. The van der Waals surface area contributed by atoms with Gasteiger partial charge in [-0.3, -0.25) is 4.79 Å². The van der Waals surface area contributed by atoms with Crippen LogP contribution in [-0.2, 0) is 15.1 Å². The van der Waals surface area contributed by atoms with Crippen LogP contribution in [0, 0.1) is 18.7 Å². The Hall–Kier alpha value is -4.01. The minimum Gasteiger partial charge on any atom is -0.496 e. The number of amidine groups is 1. The maximum Gasteiger partial charge on any atom is 0.290 e. The molecule has 4 rings (SSSR count). The molecule has 1 unspecified atom stereocenters. The molecule has 2 heterocycles. The number of nitrogens with two attached hydrogens (primary N) is 1. The fraction of sp³-hybridized carbons (Fsp3) is 0.174. The number of ether oxygens (including phenoxy) is 2. The summed E-state index contributed by atoms with van der Waals surface area (Å²) in [5.41, 5.74) is 8.13. The van der Waals surface area contributed by atoms with Crippen molar-refractivity contribution < 1.29 is 28.2 Å². The third-order valence-electron chi connectivity index (χ3n) is 5.08. The van der Waals surface area contributed by atoms with E-state index in [1.54, 1.807) is 19.2 Å². The first-order valence-electron chi connectivity index (χ1n) is 9.47. The molecule has 2 aromatic carbocycles. The number of nitrogens with zero attached hydrogens (tertiary/aromatic N) is 2. The Balaban J connectivity index is 0.000000913. The smallest absolute Gasteiger partial charge is 0.290 e. The number of aryl methyl sites for hydroxylation is 1. The summed E-state index contributed by atoms with van der Waals surface area (Å²) in [6, 6.07) is 13.1. The van der Waals surface area contributed by atoms with Crippen LogP contribution < -0.4 is 10.5 Å². The van der Waals surface area contributed by atoms with Gasteiger partial charge >= 0.3 is 0 Å². The Bertz CT molecular complexity index is 1150. The van der Waals surface area contributed by atoms with Crippen molar-refractivity contribution >= 4 is 12.5 Å². The summed E-state index contributed by atoms with van der Waals surface area (Å²) in [5, 5.41) is 6.89. The van der Waals surface area contributed by atoms with E-state index >= 15 is 0 Å². The average Bonchev–Trinajstić information content (AvgIpc) is 3.18. The number of benzene rings is 2. The van der Waals surface area contributed by atoms with Gasteiger partial charge in [-0.15, -0.1) is 0 Å². The number of halogens is 2. The molecule has 0 bridgehead atoms. The fourth-order valence-electron chi connectivity index (χ4n) is 3.57. The first-order valence-corrected chi connectivity index (χ1v) is 9.47. The largest absolute Gasteiger partial charge is 0.496 e. The Morgan fingerprint density at radius 1 is 1.16 bits per heavy atom. The zero-order valence-corrected chi connectivity index (χ0v) is 17.4. The van der Waals surface area contributed by atoms with Crippen molar-refractivity contribution in [2.45, 2.75) is 12.5 Å². The van der Waals surface area contributed by atoms with Crippen LogP contribution in [0.15, 0.2) is 59.7 Å². The molecule has 7 nitrogen and oxygen atoms in total. The molecule has 0 amide bonds. The number of rotatable bonds is 4. The van der Waals surface area contributed by atoms with Gasteiger partial charge in [0.1, 0.15) is 18.2 Å². The Kier molecular flexibility index (Phi) is 6.67. The maximum atomic E-state index is 14.6. The Labute approximate surface area is 183 Å². The normalized spacial score (nSPS) is 16.9. The van der Waals surface area contributed by atoms with E-state index in [2.05, 4.69) is 9.98 Å². The number of aliphatic imine (C=N–C) groups is 1. The number of carbonyl (C=O) groups is 1. The zero-order chi connectivity index (χ0) is 23.3. The minimum absolute atomic E-state index is 0.0628. The molecular weight excluding hydrogens is 420 g/mol. The first kappa shape index (κ1) is 22.7. The molecule has 0 fully saturated rings. The second-order valence-electron chi connectivity index (χ2n) is 6.95. The minimum atomic E-state index is -0.934. The van der Waals surface area contributed by atoms with E-state index in [1.807, 2.05) is 25.1 Å². The first-order chi connectivity index (χ1) is 15.3. The molecule has 1 atom stereocenters. The van der Waals surface area contributed by atoms with Crippen LogP contribution in [-0.4, -0.2) is 36.3 Å². The van der Waals surface area contributed by atoms with Crippen molar-refractivity contribution in [1.29, 1.82) is 0 Å². The monoisotopic (exact) mass is 441 g/mol. The number of hydrogen-bond donors (Lipinski definition) is 2. The van der Waals surface area contributed by atoms with Gasteiger partial charge in [0.2, 0.25) is 5.95 Å². The third kappa shape index (κ3) is 4.36. The lowest BCUT2D eigenvalue weighted by molar-refractivity contribution is -0.122. The molecule has 1 aromatic heterocycles. The molecule has 166 valence electrons. The standard InChI is InChI=1S/C22H19F2N3O2.CH2O2/c1-13-9-15(5-7-19(13)28-2)22(12-29-21(25)27-22)16-4-6-18(23)17(10-16)14-3-8-20(24)26-11-14;2-1-3/h3-11H,12H2,1-2H3,(H2,25,27);1H,(H,2,3). The van der Waals surface area contributed by atoms with Gasteiger partial charge in [-0.05, 0) is 60.0 Å². The summed E-state index contributed by atoms with van der Waals surface area (Å²) in [4.78, 5) is 16.6. The molecule has 0 aliphatic carbocycles. The summed E-state index contributed by atoms with van der Waals surface area (Å²) in [7, 11) is 1.61. The van der Waals surface area contributed by atoms with Crippen molar-refractivity contribution in [2.24, 2.45) is 10.7 Å². The van der Waals surface area contributed by atoms with Crippen LogP contribution in [0.3, 0.4) is 0 Å². The predicted octanol–water partition coefficient (Wildman–Crippen LogP) is 3.63. The maximum absolute atomic E-state index is 14.6. The van der Waals surface area contributed by atoms with E-state index in [1.165, 1.54) is 24.4 Å². The Morgan fingerprint density at radius 2 is 1.84 bits per heavy atom. The zero-order valence-electron chi connectivity index (χ0n) is 17.4. The molecule has 0 saturated heterocycles. The van der Waals surface area contributed by atoms with Crippen molar-refractivity contribution in [3.8, 4) is 16.9 Å². The van der Waals surface area contributed by atoms with E-state index in [-0.39, 0.29) is 19.1 Å². The molecule has 1 aliphatic rings. The van der Waals surface area contributed by atoms with E-state index in [0.717, 1.165) is 16.9 Å². The lowest BCUT2D eigenvalue weighted by Crippen LogP contribution is -2.27. The molecular formula is C23H21F2N3O4. The van der Waals surface area contributed by atoms with E-state index in [0.29, 0.717) is 16.7 Å². The predicted molar refractivity (Wildman–Crippen MR) is 114 cm³/mol. The summed E-state index contributed by atoms with van der Waals surface area (Å²) in [5.74, 6) is -0.326. The number of aromatic nitrogens is 1. The van der Waals surface area contributed by atoms with Crippen LogP contribution in [0.5, 0.6) is 5.75 Å². The van der Waals surface area contributed by atoms with Crippen LogP contribution in [0.2, 0.25) is 0 Å². The summed E-state index contributed by atoms with van der Waals surface area (Å²) >= 11 is 0. The van der Waals surface area contributed by atoms with Gasteiger partial charge in [-0.25, -0.2) is 14.4 Å². The van der Waals surface area contributed by atoms with Gasteiger partial charge < -0.3 is 20.3 Å². The van der Waals surface area contributed by atoms with Crippen molar-refractivity contribution in [2.75, 3.05) is 13.7 Å². The molecule has 9 heteroatoms. The Morgan fingerprint density at radius 3 is 2.41 bits per heavy atom. The highest BCUT2D eigenvalue weighted by Gasteiger charge is 2.40. The lowest BCUT2D eigenvalue weighted by atomic mass is 9.82. The van der Waals surface area contributed by atoms with Crippen molar-refractivity contribution in [1.82, 2.24) is 4.98 Å². The molecule has 3 N–H and O–H groups in total. The highest BCUT2D eigenvalue weighted by Crippen LogP contribution is 2.40. The second-order valence-corrected chi connectivity index (χ2v) is 6.95. The quantitative estimate of drug-likeness (QED) is 0.473. The number of carboxylic acid groups (broad SMARTS) is 1. The molecule has 0 radical (unpaired) electrons. The van der Waals surface area contributed by atoms with Crippen LogP contribution >= 0.6 is 0 Å². The molecule has 3 aromatic rings. The van der Waals surface area contributed by atoms with Gasteiger partial charge in [-0.2, -0.15) is 4.39 Å². The molecule has 1 aliphatic heterocycles. The average molecular weight is 441 g/mol. The molecule has 32 heavy (non-hydrogen) atoms. The third-order valence-corrected chi connectivity index (χ3v) is 5.08. The van der Waals surface area contributed by atoms with Gasteiger partial charge in [0.25, 0.3) is 12.5 Å². The number of methoxy groups -OCH3 is 1. The summed E-state index contributed by atoms with van der Waals surface area (Å²) in [6.07, 6.45) is 1.30. The van der Waals surface area contributed by atoms with E-state index in [4.69, 9.17) is 25.1 Å².